The molecule has 2 N–H and O–H groups in total. The average molecular weight is 385 g/mol. The molecule has 4 heterocycles. The largest absolute Gasteiger partial charge is 0.487 e. The minimum atomic E-state index is -1.09. The lowest BCUT2D eigenvalue weighted by Gasteiger charge is -2.26. The van der Waals surface area contributed by atoms with Crippen LogP contribution in [0.3, 0.4) is 0 Å². The molecule has 3 aromatic heterocycles. The van der Waals surface area contributed by atoms with Crippen LogP contribution in [-0.4, -0.2) is 61.8 Å². The Hall–Kier alpha value is -2.75. The van der Waals surface area contributed by atoms with Crippen molar-refractivity contribution in [2.45, 2.75) is 31.5 Å². The molecule has 3 fully saturated rings. The Morgan fingerprint density at radius 2 is 2.32 bits per heavy atom. The van der Waals surface area contributed by atoms with E-state index in [-0.39, 0.29) is 12.6 Å². The molecule has 2 atom stereocenters. The highest BCUT2D eigenvalue weighted by molar-refractivity contribution is 5.73. The predicted molar refractivity (Wildman–Crippen MR) is 96.8 cm³/mol. The smallest absolute Gasteiger partial charge is 0.243 e. The number of alkyl halides is 1. The molecule has 3 aromatic rings. The van der Waals surface area contributed by atoms with Crippen molar-refractivity contribution in [3.05, 3.63) is 18.7 Å². The molecule has 146 valence electrons. The van der Waals surface area contributed by atoms with Crippen LogP contribution in [0.2, 0.25) is 0 Å². The van der Waals surface area contributed by atoms with Crippen LogP contribution in [0.1, 0.15) is 19.3 Å². The first kappa shape index (κ1) is 16.2. The van der Waals surface area contributed by atoms with Gasteiger partial charge in [0.1, 0.15) is 18.2 Å². The monoisotopic (exact) mass is 385 g/mol. The second-order valence-corrected chi connectivity index (χ2v) is 8.00. The second kappa shape index (κ2) is 5.87. The van der Waals surface area contributed by atoms with Crippen molar-refractivity contribution in [2.24, 2.45) is 11.3 Å². The molecule has 2 aliphatic carbocycles. The van der Waals surface area contributed by atoms with Crippen molar-refractivity contribution in [3.63, 3.8) is 0 Å². The fourth-order valence-corrected chi connectivity index (χ4v) is 3.90. The normalized spacial score (nSPS) is 30.8. The van der Waals surface area contributed by atoms with E-state index < -0.39 is 6.17 Å². The number of halogens is 1. The van der Waals surface area contributed by atoms with Crippen molar-refractivity contribution in [1.82, 2.24) is 29.8 Å². The number of ether oxygens (including phenoxy) is 2. The summed E-state index contributed by atoms with van der Waals surface area (Å²) in [6.07, 6.45) is 7.03. The molecule has 0 bridgehead atoms. The molecule has 6 rings (SSSR count). The summed E-state index contributed by atoms with van der Waals surface area (Å²) < 4.78 is 27.0. The van der Waals surface area contributed by atoms with Gasteiger partial charge < -0.3 is 14.8 Å². The zero-order valence-electron chi connectivity index (χ0n) is 15.1. The minimum Gasteiger partial charge on any atom is -0.487 e. The maximum atomic E-state index is 14.1. The van der Waals surface area contributed by atoms with Gasteiger partial charge in [0.25, 0.3) is 0 Å². The summed E-state index contributed by atoms with van der Waals surface area (Å²) in [6, 6.07) is -0.366. The van der Waals surface area contributed by atoms with Crippen molar-refractivity contribution in [2.75, 3.05) is 25.1 Å². The van der Waals surface area contributed by atoms with Gasteiger partial charge in [-0.15, -0.1) is 5.10 Å². The van der Waals surface area contributed by atoms with Crippen molar-refractivity contribution >= 4 is 11.6 Å². The number of aromatic amines is 1. The molecule has 2 unspecified atom stereocenters. The van der Waals surface area contributed by atoms with Crippen LogP contribution in [0.15, 0.2) is 18.7 Å². The predicted octanol–water partition coefficient (Wildman–Crippen LogP) is 1.84. The number of nitrogens with zero attached hydrogens (tertiary/aromatic N) is 5. The van der Waals surface area contributed by atoms with Gasteiger partial charge in [-0.05, 0) is 25.2 Å². The lowest BCUT2D eigenvalue weighted by Crippen LogP contribution is -2.39. The molecular weight excluding hydrogens is 365 g/mol. The van der Waals surface area contributed by atoms with Crippen LogP contribution >= 0.6 is 0 Å². The Morgan fingerprint density at radius 3 is 3.07 bits per heavy atom. The fraction of sp³-hybridized carbons (Fsp3) is 0.556. The number of rotatable bonds is 6. The average Bonchev–Trinajstić information content (AvgIpc) is 3.34. The third-order valence-corrected chi connectivity index (χ3v) is 6.07. The van der Waals surface area contributed by atoms with E-state index in [4.69, 9.17) is 9.47 Å². The van der Waals surface area contributed by atoms with E-state index in [1.54, 1.807) is 23.2 Å². The van der Waals surface area contributed by atoms with Crippen LogP contribution in [0.4, 0.5) is 10.3 Å². The molecule has 2 saturated carbocycles. The Morgan fingerprint density at radius 1 is 1.43 bits per heavy atom. The van der Waals surface area contributed by atoms with Crippen LogP contribution in [0.5, 0.6) is 5.75 Å². The van der Waals surface area contributed by atoms with Gasteiger partial charge in [0.15, 0.2) is 5.75 Å². The first-order chi connectivity index (χ1) is 13.7. The van der Waals surface area contributed by atoms with Crippen LogP contribution in [0, 0.1) is 11.3 Å². The Labute approximate surface area is 159 Å². The number of fused-ring (bicyclic) bond motifs is 2. The maximum Gasteiger partial charge on any atom is 0.243 e. The van der Waals surface area contributed by atoms with E-state index in [1.165, 1.54) is 12.8 Å². The van der Waals surface area contributed by atoms with Crippen molar-refractivity contribution < 1.29 is 13.9 Å². The summed E-state index contributed by atoms with van der Waals surface area (Å²) in [7, 11) is 0. The molecule has 1 saturated heterocycles. The van der Waals surface area contributed by atoms with E-state index in [1.807, 2.05) is 0 Å². The molecule has 3 aliphatic rings. The summed E-state index contributed by atoms with van der Waals surface area (Å²) in [5, 5.41) is 14.3. The highest BCUT2D eigenvalue weighted by atomic mass is 19.1. The maximum absolute atomic E-state index is 14.1. The van der Waals surface area contributed by atoms with Crippen LogP contribution in [0.25, 0.3) is 16.9 Å². The van der Waals surface area contributed by atoms with Gasteiger partial charge in [-0.2, -0.15) is 14.6 Å². The molecule has 0 radical (unpaired) electrons. The molecular formula is C18H20FN7O2. The van der Waals surface area contributed by atoms with Crippen molar-refractivity contribution in [1.29, 1.82) is 0 Å². The second-order valence-electron chi connectivity index (χ2n) is 8.00. The molecule has 0 spiro atoms. The highest BCUT2D eigenvalue weighted by Crippen LogP contribution is 2.75. The summed E-state index contributed by atoms with van der Waals surface area (Å²) in [6.45, 7) is 1.27. The van der Waals surface area contributed by atoms with E-state index in [0.29, 0.717) is 48.1 Å². The summed E-state index contributed by atoms with van der Waals surface area (Å²) in [4.78, 5) is 9.10. The zero-order chi connectivity index (χ0) is 18.7. The van der Waals surface area contributed by atoms with Gasteiger partial charge >= 0.3 is 0 Å². The molecule has 0 amide bonds. The van der Waals surface area contributed by atoms with E-state index >= 15 is 0 Å². The van der Waals surface area contributed by atoms with Gasteiger partial charge in [-0.1, -0.05) is 0 Å². The summed E-state index contributed by atoms with van der Waals surface area (Å²) >= 11 is 0. The van der Waals surface area contributed by atoms with Gasteiger partial charge in [0.05, 0.1) is 25.5 Å². The first-order valence-electron chi connectivity index (χ1n) is 9.57. The van der Waals surface area contributed by atoms with E-state index in [9.17, 15) is 4.39 Å². The van der Waals surface area contributed by atoms with Gasteiger partial charge in [-0.3, -0.25) is 5.10 Å². The van der Waals surface area contributed by atoms with Gasteiger partial charge in [0.2, 0.25) is 11.6 Å². The topological polar surface area (TPSA) is 102 Å². The van der Waals surface area contributed by atoms with E-state index in [0.717, 1.165) is 11.5 Å². The fourth-order valence-electron chi connectivity index (χ4n) is 3.90. The molecule has 9 nitrogen and oxygen atoms in total. The summed E-state index contributed by atoms with van der Waals surface area (Å²) in [5.41, 5.74) is 2.42. The molecule has 1 aliphatic heterocycles. The Balaban J connectivity index is 1.35. The Kier molecular flexibility index (Phi) is 3.40. The van der Waals surface area contributed by atoms with Crippen LogP contribution in [-0.2, 0) is 4.74 Å². The number of aromatic nitrogens is 6. The van der Waals surface area contributed by atoms with E-state index in [2.05, 4.69) is 30.6 Å². The molecule has 28 heavy (non-hydrogen) atoms. The SMILES string of the molecule is FC1COCCC1Nc1nc2c(OCC34CC3C4)c(-c3cn[nH]c3)ncn2n1. The van der Waals surface area contributed by atoms with Crippen LogP contribution < -0.4 is 10.1 Å². The lowest BCUT2D eigenvalue weighted by molar-refractivity contribution is 0.0284. The standard InChI is InChI=1S/C18H20FN7O2/c19-12-7-27-2-1-13(12)23-17-24-16-15(28-8-18-3-11(18)4-18)14(10-5-21-22-6-10)20-9-26(16)25-17/h5-6,9,11-13H,1-4,7-8H2,(H,21,22)(H,23,25). The molecule has 10 heteroatoms. The Bertz CT molecular complexity index is 1010. The number of anilines is 1. The first-order valence-corrected chi connectivity index (χ1v) is 9.57. The number of hydrogen-bond acceptors (Lipinski definition) is 7. The highest BCUT2D eigenvalue weighted by Gasteiger charge is 2.70. The third kappa shape index (κ3) is 2.62. The number of hydrogen-bond donors (Lipinski definition) is 2. The van der Waals surface area contributed by atoms with Gasteiger partial charge in [0, 0.05) is 23.8 Å². The summed E-state index contributed by atoms with van der Waals surface area (Å²) in [5.74, 6) is 1.77. The quantitative estimate of drug-likeness (QED) is 0.667. The third-order valence-electron chi connectivity index (χ3n) is 6.07. The minimum absolute atomic E-state index is 0.0921. The zero-order valence-corrected chi connectivity index (χ0v) is 15.1. The molecule has 0 aromatic carbocycles. The lowest BCUT2D eigenvalue weighted by atomic mass is 10.1. The number of nitrogens with one attached hydrogen (secondary N) is 2. The van der Waals surface area contributed by atoms with Gasteiger partial charge in [-0.25, -0.2) is 9.37 Å². The number of H-pyrrole nitrogens is 1. The van der Waals surface area contributed by atoms with Crippen molar-refractivity contribution in [3.8, 4) is 17.0 Å².